The molecule has 5 nitrogen and oxygen atoms in total. The number of imide groups is 1. The molecule has 1 aromatic rings. The first kappa shape index (κ1) is 15.4. The lowest BCUT2D eigenvalue weighted by atomic mass is 9.96. The van der Waals surface area contributed by atoms with Gasteiger partial charge in [0.1, 0.15) is 5.82 Å². The summed E-state index contributed by atoms with van der Waals surface area (Å²) in [6.45, 7) is 5.02. The van der Waals surface area contributed by atoms with Crippen LogP contribution in [-0.4, -0.2) is 36.5 Å². The maximum Gasteiger partial charge on any atom is 0.324 e. The van der Waals surface area contributed by atoms with E-state index in [1.807, 2.05) is 13.8 Å². The molecule has 0 spiro atoms. The van der Waals surface area contributed by atoms with Crippen molar-refractivity contribution in [2.75, 3.05) is 19.6 Å². The summed E-state index contributed by atoms with van der Waals surface area (Å²) in [6.07, 6.45) is 0. The highest BCUT2D eigenvalue weighted by molar-refractivity contribution is 5.96. The van der Waals surface area contributed by atoms with Crippen LogP contribution in [0.5, 0.6) is 0 Å². The Morgan fingerprint density at radius 3 is 2.57 bits per heavy atom. The SMILES string of the molecule is CC(C)[C@@H](NCC(=O)N1CCNC1=O)c1ccc(F)cc1. The minimum Gasteiger partial charge on any atom is -0.336 e. The van der Waals surface area contributed by atoms with Gasteiger partial charge in [-0.25, -0.2) is 9.18 Å². The summed E-state index contributed by atoms with van der Waals surface area (Å²) >= 11 is 0. The normalized spacial score (nSPS) is 16.2. The fourth-order valence-electron chi connectivity index (χ4n) is 2.41. The van der Waals surface area contributed by atoms with Crippen molar-refractivity contribution in [3.05, 3.63) is 35.6 Å². The summed E-state index contributed by atoms with van der Waals surface area (Å²) in [5.74, 6) is -0.306. The van der Waals surface area contributed by atoms with Crippen molar-refractivity contribution in [3.63, 3.8) is 0 Å². The molecule has 1 atom stereocenters. The number of amides is 3. The lowest BCUT2D eigenvalue weighted by Crippen LogP contribution is -2.41. The molecular formula is C15H20FN3O2. The zero-order valence-corrected chi connectivity index (χ0v) is 12.2. The molecule has 0 aliphatic carbocycles. The number of carbonyl (C=O) groups excluding carboxylic acids is 2. The van der Waals surface area contributed by atoms with Crippen molar-refractivity contribution in [2.24, 2.45) is 5.92 Å². The number of benzene rings is 1. The van der Waals surface area contributed by atoms with Crippen LogP contribution in [0.3, 0.4) is 0 Å². The summed E-state index contributed by atoms with van der Waals surface area (Å²) in [5, 5.41) is 5.75. The van der Waals surface area contributed by atoms with Gasteiger partial charge in [0.2, 0.25) is 5.91 Å². The Kier molecular flexibility index (Phi) is 4.90. The van der Waals surface area contributed by atoms with Crippen LogP contribution in [0, 0.1) is 11.7 Å². The van der Waals surface area contributed by atoms with Gasteiger partial charge in [-0.1, -0.05) is 26.0 Å². The van der Waals surface area contributed by atoms with Crippen LogP contribution in [-0.2, 0) is 4.79 Å². The maximum absolute atomic E-state index is 13.0. The Labute approximate surface area is 123 Å². The average molecular weight is 293 g/mol. The van der Waals surface area contributed by atoms with Crippen LogP contribution in [0.2, 0.25) is 0 Å². The zero-order chi connectivity index (χ0) is 15.4. The number of hydrogen-bond donors (Lipinski definition) is 2. The second-order valence-electron chi connectivity index (χ2n) is 5.43. The van der Waals surface area contributed by atoms with Gasteiger partial charge in [0.05, 0.1) is 6.54 Å². The van der Waals surface area contributed by atoms with E-state index in [1.165, 1.54) is 17.0 Å². The second kappa shape index (κ2) is 6.67. The maximum atomic E-state index is 13.0. The number of urea groups is 1. The fraction of sp³-hybridized carbons (Fsp3) is 0.467. The van der Waals surface area contributed by atoms with Crippen LogP contribution in [0.1, 0.15) is 25.5 Å². The average Bonchev–Trinajstić information content (AvgIpc) is 2.86. The quantitative estimate of drug-likeness (QED) is 0.868. The minimum absolute atomic E-state index is 0.0692. The third-order valence-corrected chi connectivity index (χ3v) is 3.53. The molecule has 1 aliphatic rings. The van der Waals surface area contributed by atoms with E-state index in [0.29, 0.717) is 13.1 Å². The van der Waals surface area contributed by atoms with E-state index in [2.05, 4.69) is 10.6 Å². The molecule has 1 fully saturated rings. The monoisotopic (exact) mass is 293 g/mol. The molecule has 6 heteroatoms. The third-order valence-electron chi connectivity index (χ3n) is 3.53. The van der Waals surface area contributed by atoms with Gasteiger partial charge in [0.25, 0.3) is 0 Å². The first-order valence-corrected chi connectivity index (χ1v) is 7.06. The number of nitrogens with one attached hydrogen (secondary N) is 2. The van der Waals surface area contributed by atoms with Crippen LogP contribution in [0.25, 0.3) is 0 Å². The van der Waals surface area contributed by atoms with Gasteiger partial charge in [-0.2, -0.15) is 0 Å². The first-order valence-electron chi connectivity index (χ1n) is 7.06. The molecule has 0 saturated carbocycles. The van der Waals surface area contributed by atoms with E-state index in [-0.39, 0.29) is 36.3 Å². The summed E-state index contributed by atoms with van der Waals surface area (Å²) < 4.78 is 13.0. The van der Waals surface area contributed by atoms with Gasteiger partial charge in [0.15, 0.2) is 0 Å². The predicted molar refractivity (Wildman–Crippen MR) is 77.1 cm³/mol. The number of carbonyl (C=O) groups is 2. The van der Waals surface area contributed by atoms with Gasteiger partial charge in [-0.15, -0.1) is 0 Å². The van der Waals surface area contributed by atoms with Crippen molar-refractivity contribution >= 4 is 11.9 Å². The van der Waals surface area contributed by atoms with Gasteiger partial charge in [0, 0.05) is 19.1 Å². The van der Waals surface area contributed by atoms with Crippen molar-refractivity contribution in [2.45, 2.75) is 19.9 Å². The van der Waals surface area contributed by atoms with Crippen LogP contribution in [0.4, 0.5) is 9.18 Å². The molecule has 1 heterocycles. The summed E-state index contributed by atoms with van der Waals surface area (Å²) in [7, 11) is 0. The number of halogens is 1. The van der Waals surface area contributed by atoms with E-state index < -0.39 is 0 Å². The van der Waals surface area contributed by atoms with Crippen molar-refractivity contribution in [1.82, 2.24) is 15.5 Å². The van der Waals surface area contributed by atoms with Gasteiger partial charge < -0.3 is 10.6 Å². The van der Waals surface area contributed by atoms with E-state index in [0.717, 1.165) is 5.56 Å². The smallest absolute Gasteiger partial charge is 0.324 e. The van der Waals surface area contributed by atoms with E-state index in [1.54, 1.807) is 12.1 Å². The Balaban J connectivity index is 1.99. The van der Waals surface area contributed by atoms with Gasteiger partial charge in [-0.3, -0.25) is 9.69 Å². The Morgan fingerprint density at radius 2 is 2.05 bits per heavy atom. The molecule has 2 N–H and O–H groups in total. The topological polar surface area (TPSA) is 61.4 Å². The Bertz CT molecular complexity index is 516. The molecule has 3 amide bonds. The number of hydrogen-bond acceptors (Lipinski definition) is 3. The lowest BCUT2D eigenvalue weighted by molar-refractivity contribution is -0.126. The molecule has 2 rings (SSSR count). The summed E-state index contributed by atoms with van der Waals surface area (Å²) in [6, 6.07) is 5.81. The summed E-state index contributed by atoms with van der Waals surface area (Å²) in [5.41, 5.74) is 0.921. The number of rotatable bonds is 5. The molecule has 1 aromatic carbocycles. The predicted octanol–water partition coefficient (Wildman–Crippen LogP) is 1.66. The second-order valence-corrected chi connectivity index (χ2v) is 5.43. The number of nitrogens with zero attached hydrogens (tertiary/aromatic N) is 1. The molecule has 21 heavy (non-hydrogen) atoms. The fourth-order valence-corrected chi connectivity index (χ4v) is 2.41. The minimum atomic E-state index is -0.343. The van der Waals surface area contributed by atoms with Crippen LogP contribution in [0.15, 0.2) is 24.3 Å². The molecule has 0 aromatic heterocycles. The third kappa shape index (κ3) is 3.78. The highest BCUT2D eigenvalue weighted by atomic mass is 19.1. The molecular weight excluding hydrogens is 273 g/mol. The molecule has 1 aliphatic heterocycles. The standard InChI is InChI=1S/C15H20FN3O2/c1-10(2)14(11-3-5-12(16)6-4-11)18-9-13(20)19-8-7-17-15(19)21/h3-6,10,14,18H,7-9H2,1-2H3,(H,17,21)/t14-/m1/s1. The van der Waals surface area contributed by atoms with Crippen molar-refractivity contribution in [1.29, 1.82) is 0 Å². The molecule has 0 bridgehead atoms. The zero-order valence-electron chi connectivity index (χ0n) is 12.2. The highest BCUT2D eigenvalue weighted by Gasteiger charge is 2.26. The van der Waals surface area contributed by atoms with Gasteiger partial charge in [-0.05, 0) is 23.6 Å². The largest absolute Gasteiger partial charge is 0.336 e. The summed E-state index contributed by atoms with van der Waals surface area (Å²) in [4.78, 5) is 24.6. The highest BCUT2D eigenvalue weighted by Crippen LogP contribution is 2.21. The lowest BCUT2D eigenvalue weighted by Gasteiger charge is -2.23. The van der Waals surface area contributed by atoms with E-state index >= 15 is 0 Å². The van der Waals surface area contributed by atoms with Crippen LogP contribution < -0.4 is 10.6 Å². The Morgan fingerprint density at radius 1 is 1.38 bits per heavy atom. The van der Waals surface area contributed by atoms with Crippen LogP contribution >= 0.6 is 0 Å². The van der Waals surface area contributed by atoms with E-state index in [4.69, 9.17) is 0 Å². The first-order chi connectivity index (χ1) is 9.99. The van der Waals surface area contributed by atoms with Crippen molar-refractivity contribution < 1.29 is 14.0 Å². The molecule has 1 saturated heterocycles. The molecule has 114 valence electrons. The molecule has 0 radical (unpaired) electrons. The van der Waals surface area contributed by atoms with Crippen molar-refractivity contribution in [3.8, 4) is 0 Å². The van der Waals surface area contributed by atoms with Gasteiger partial charge >= 0.3 is 6.03 Å². The Hall–Kier alpha value is -1.95. The molecule has 0 unspecified atom stereocenters. The van der Waals surface area contributed by atoms with E-state index in [9.17, 15) is 14.0 Å².